The molecule has 6 heteroatoms. The van der Waals surface area contributed by atoms with Gasteiger partial charge in [-0.2, -0.15) is 0 Å². The molecule has 0 heterocycles. The summed E-state index contributed by atoms with van der Waals surface area (Å²) in [5.41, 5.74) is 13.3. The topological polar surface area (TPSA) is 107 Å². The number of esters is 1. The molecule has 0 saturated heterocycles. The van der Waals surface area contributed by atoms with Crippen molar-refractivity contribution < 1.29 is 14.3 Å². The molecule has 0 unspecified atom stereocenters. The van der Waals surface area contributed by atoms with Crippen molar-refractivity contribution >= 4 is 28.9 Å². The van der Waals surface area contributed by atoms with Crippen molar-refractivity contribution in [2.75, 3.05) is 23.9 Å². The number of hydrogen-bond acceptors (Lipinski definition) is 5. The van der Waals surface area contributed by atoms with E-state index in [2.05, 4.69) is 10.1 Å². The summed E-state index contributed by atoms with van der Waals surface area (Å²) in [7, 11) is 1.29. The molecule has 0 aromatic heterocycles. The van der Waals surface area contributed by atoms with Gasteiger partial charge in [0, 0.05) is 22.6 Å². The maximum Gasteiger partial charge on any atom is 0.337 e. The van der Waals surface area contributed by atoms with Gasteiger partial charge < -0.3 is 21.5 Å². The molecule has 21 heavy (non-hydrogen) atoms. The molecule has 2 rings (SSSR count). The molecule has 0 aliphatic rings. The smallest absolute Gasteiger partial charge is 0.337 e. The van der Waals surface area contributed by atoms with E-state index in [1.54, 1.807) is 24.3 Å². The second-order valence-corrected chi connectivity index (χ2v) is 4.41. The zero-order chi connectivity index (χ0) is 15.4. The molecule has 108 valence electrons. The number of nitrogen functional groups attached to an aromatic ring is 2. The molecular formula is C15H15N3O3. The molecule has 1 amide bonds. The Balaban J connectivity index is 2.21. The standard InChI is InChI=1S/C15H15N3O3/c1-21-15(20)9-3-2-4-13(7-9)18-14(19)10-5-11(16)8-12(17)6-10/h2-8H,16-17H2,1H3,(H,18,19). The second-order valence-electron chi connectivity index (χ2n) is 4.41. The molecule has 0 radical (unpaired) electrons. The number of amides is 1. The third-order valence-corrected chi connectivity index (χ3v) is 2.78. The third-order valence-electron chi connectivity index (χ3n) is 2.78. The number of carbonyl (C=O) groups excluding carboxylic acids is 2. The predicted molar refractivity (Wildman–Crippen MR) is 81.0 cm³/mol. The van der Waals surface area contributed by atoms with Crippen molar-refractivity contribution in [1.82, 2.24) is 0 Å². The first-order valence-electron chi connectivity index (χ1n) is 6.15. The summed E-state index contributed by atoms with van der Waals surface area (Å²) >= 11 is 0. The van der Waals surface area contributed by atoms with Gasteiger partial charge in [-0.1, -0.05) is 6.07 Å². The molecule has 0 saturated carbocycles. The normalized spacial score (nSPS) is 9.95. The lowest BCUT2D eigenvalue weighted by atomic mass is 10.1. The Morgan fingerprint density at radius 3 is 2.29 bits per heavy atom. The fourth-order valence-corrected chi connectivity index (χ4v) is 1.85. The summed E-state index contributed by atoms with van der Waals surface area (Å²) in [5, 5.41) is 2.67. The first-order chi connectivity index (χ1) is 9.99. The van der Waals surface area contributed by atoms with Crippen LogP contribution in [0.4, 0.5) is 17.1 Å². The van der Waals surface area contributed by atoms with Gasteiger partial charge >= 0.3 is 5.97 Å². The summed E-state index contributed by atoms with van der Waals surface area (Å²) in [6.07, 6.45) is 0. The van der Waals surface area contributed by atoms with Crippen LogP contribution in [0.15, 0.2) is 42.5 Å². The first-order valence-corrected chi connectivity index (χ1v) is 6.15. The van der Waals surface area contributed by atoms with Gasteiger partial charge in [0.25, 0.3) is 5.91 Å². The molecule has 0 aliphatic carbocycles. The van der Waals surface area contributed by atoms with Gasteiger partial charge in [0.15, 0.2) is 0 Å². The molecule has 0 fully saturated rings. The van der Waals surface area contributed by atoms with Crippen LogP contribution in [0, 0.1) is 0 Å². The molecule has 0 bridgehead atoms. The zero-order valence-corrected chi connectivity index (χ0v) is 11.4. The lowest BCUT2D eigenvalue weighted by Crippen LogP contribution is -2.13. The quantitative estimate of drug-likeness (QED) is 0.589. The van der Waals surface area contributed by atoms with E-state index in [0.29, 0.717) is 28.2 Å². The van der Waals surface area contributed by atoms with Crippen molar-refractivity contribution in [3.8, 4) is 0 Å². The van der Waals surface area contributed by atoms with Crippen molar-refractivity contribution in [2.24, 2.45) is 0 Å². The average molecular weight is 285 g/mol. The highest BCUT2D eigenvalue weighted by Gasteiger charge is 2.10. The molecule has 6 nitrogen and oxygen atoms in total. The van der Waals surface area contributed by atoms with Crippen LogP contribution in [0.25, 0.3) is 0 Å². The minimum Gasteiger partial charge on any atom is -0.465 e. The highest BCUT2D eigenvalue weighted by molar-refractivity contribution is 6.05. The van der Waals surface area contributed by atoms with Crippen molar-refractivity contribution in [3.05, 3.63) is 53.6 Å². The Morgan fingerprint density at radius 2 is 1.67 bits per heavy atom. The van der Waals surface area contributed by atoms with Gasteiger partial charge in [-0.05, 0) is 36.4 Å². The van der Waals surface area contributed by atoms with Crippen LogP contribution >= 0.6 is 0 Å². The van der Waals surface area contributed by atoms with Crippen LogP contribution in [-0.4, -0.2) is 19.0 Å². The number of carbonyl (C=O) groups is 2. The molecule has 0 atom stereocenters. The van der Waals surface area contributed by atoms with Gasteiger partial charge in [0.05, 0.1) is 12.7 Å². The van der Waals surface area contributed by atoms with Gasteiger partial charge in [-0.3, -0.25) is 4.79 Å². The molecule has 5 N–H and O–H groups in total. The molecule has 0 aliphatic heterocycles. The second kappa shape index (κ2) is 5.96. The number of hydrogen-bond donors (Lipinski definition) is 3. The van der Waals surface area contributed by atoms with E-state index in [1.807, 2.05) is 0 Å². The van der Waals surface area contributed by atoms with Crippen LogP contribution in [0.1, 0.15) is 20.7 Å². The van der Waals surface area contributed by atoms with Crippen molar-refractivity contribution in [1.29, 1.82) is 0 Å². The van der Waals surface area contributed by atoms with Crippen LogP contribution in [0.5, 0.6) is 0 Å². The maximum atomic E-state index is 12.1. The largest absolute Gasteiger partial charge is 0.465 e. The molecule has 2 aromatic rings. The SMILES string of the molecule is COC(=O)c1cccc(NC(=O)c2cc(N)cc(N)c2)c1. The Labute approximate surface area is 121 Å². The van der Waals surface area contributed by atoms with E-state index in [-0.39, 0.29) is 5.91 Å². The average Bonchev–Trinajstić information content (AvgIpc) is 2.45. The first kappa shape index (κ1) is 14.4. The van der Waals surface area contributed by atoms with Crippen LogP contribution in [0.2, 0.25) is 0 Å². The maximum absolute atomic E-state index is 12.1. The van der Waals surface area contributed by atoms with Gasteiger partial charge in [0.1, 0.15) is 0 Å². The highest BCUT2D eigenvalue weighted by Crippen LogP contribution is 2.17. The lowest BCUT2D eigenvalue weighted by molar-refractivity contribution is 0.0600. The van der Waals surface area contributed by atoms with E-state index >= 15 is 0 Å². The molecule has 2 aromatic carbocycles. The molecular weight excluding hydrogens is 270 g/mol. The summed E-state index contributed by atoms with van der Waals surface area (Å²) < 4.78 is 4.63. The van der Waals surface area contributed by atoms with Gasteiger partial charge in [0.2, 0.25) is 0 Å². The number of nitrogens with one attached hydrogen (secondary N) is 1. The Bertz CT molecular complexity index is 678. The van der Waals surface area contributed by atoms with Crippen molar-refractivity contribution in [3.63, 3.8) is 0 Å². The number of benzene rings is 2. The van der Waals surface area contributed by atoms with E-state index in [4.69, 9.17) is 11.5 Å². The van der Waals surface area contributed by atoms with E-state index in [9.17, 15) is 9.59 Å². The van der Waals surface area contributed by atoms with E-state index in [0.717, 1.165) is 0 Å². The van der Waals surface area contributed by atoms with E-state index < -0.39 is 5.97 Å². The molecule has 0 spiro atoms. The van der Waals surface area contributed by atoms with Crippen LogP contribution in [0.3, 0.4) is 0 Å². The highest BCUT2D eigenvalue weighted by atomic mass is 16.5. The Morgan fingerprint density at radius 1 is 1.00 bits per heavy atom. The number of methoxy groups -OCH3 is 1. The lowest BCUT2D eigenvalue weighted by Gasteiger charge is -2.08. The van der Waals surface area contributed by atoms with Gasteiger partial charge in [-0.15, -0.1) is 0 Å². The fourth-order valence-electron chi connectivity index (χ4n) is 1.85. The number of nitrogens with two attached hydrogens (primary N) is 2. The summed E-state index contributed by atoms with van der Waals surface area (Å²) in [6.45, 7) is 0. The predicted octanol–water partition coefficient (Wildman–Crippen LogP) is 1.89. The summed E-state index contributed by atoms with van der Waals surface area (Å²) in [6, 6.07) is 11.1. The summed E-state index contributed by atoms with van der Waals surface area (Å²) in [5.74, 6) is -0.838. The van der Waals surface area contributed by atoms with Gasteiger partial charge in [-0.25, -0.2) is 4.79 Å². The number of anilines is 3. The third kappa shape index (κ3) is 3.50. The fraction of sp³-hybridized carbons (Fsp3) is 0.0667. The Hall–Kier alpha value is -3.02. The summed E-state index contributed by atoms with van der Waals surface area (Å²) in [4.78, 5) is 23.6. The van der Waals surface area contributed by atoms with E-state index in [1.165, 1.54) is 25.3 Å². The zero-order valence-electron chi connectivity index (χ0n) is 11.4. The minimum absolute atomic E-state index is 0.343. The van der Waals surface area contributed by atoms with Crippen LogP contribution in [-0.2, 0) is 4.74 Å². The van der Waals surface area contributed by atoms with Crippen LogP contribution < -0.4 is 16.8 Å². The number of rotatable bonds is 3. The monoisotopic (exact) mass is 285 g/mol. The minimum atomic E-state index is -0.473. The van der Waals surface area contributed by atoms with Crippen molar-refractivity contribution in [2.45, 2.75) is 0 Å². The number of ether oxygens (including phenoxy) is 1. The Kier molecular flexibility index (Phi) is 4.08.